The summed E-state index contributed by atoms with van der Waals surface area (Å²) in [4.78, 5) is 10.9. The molecule has 0 aliphatic heterocycles. The van der Waals surface area contributed by atoms with Gasteiger partial charge in [0.1, 0.15) is 0 Å². The quantitative estimate of drug-likeness (QED) is 0.770. The molecule has 0 saturated heterocycles. The Bertz CT molecular complexity index is 617. The number of nitrogens with two attached hydrogens (primary N) is 1. The van der Waals surface area contributed by atoms with E-state index in [2.05, 4.69) is 0 Å². The lowest BCUT2D eigenvalue weighted by molar-refractivity contribution is 0.107. The molecule has 1 aromatic carbocycles. The lowest BCUT2D eigenvalue weighted by Crippen LogP contribution is -2.13. The minimum Gasteiger partial charge on any atom is -0.275 e. The van der Waals surface area contributed by atoms with Crippen LogP contribution in [0.25, 0.3) is 0 Å². The number of rotatable bonds is 2. The van der Waals surface area contributed by atoms with Crippen LogP contribution < -0.4 is 5.14 Å². The van der Waals surface area contributed by atoms with Crippen LogP contribution in [0.2, 0.25) is 0 Å². The molecule has 1 aromatic rings. The molecular formula is C7H6ClNO5S2. The van der Waals surface area contributed by atoms with Crippen molar-refractivity contribution in [3.05, 3.63) is 29.8 Å². The summed E-state index contributed by atoms with van der Waals surface area (Å²) in [7, 11) is -3.40. The van der Waals surface area contributed by atoms with Gasteiger partial charge in [0, 0.05) is 16.2 Å². The van der Waals surface area contributed by atoms with Gasteiger partial charge in [0.05, 0.1) is 4.90 Å². The highest BCUT2D eigenvalue weighted by molar-refractivity contribution is 8.25. The monoisotopic (exact) mass is 283 g/mol. The van der Waals surface area contributed by atoms with Crippen LogP contribution >= 0.6 is 10.7 Å². The fourth-order valence-corrected chi connectivity index (χ4v) is 2.12. The van der Waals surface area contributed by atoms with Crippen molar-refractivity contribution in [1.82, 2.24) is 0 Å². The van der Waals surface area contributed by atoms with Gasteiger partial charge in [0.15, 0.2) is 0 Å². The zero-order valence-corrected chi connectivity index (χ0v) is 10.0. The highest BCUT2D eigenvalue weighted by atomic mass is 35.7. The van der Waals surface area contributed by atoms with Crippen LogP contribution in [0.5, 0.6) is 0 Å². The summed E-state index contributed by atoms with van der Waals surface area (Å²) in [5, 5.41) is 3.52. The Morgan fingerprint density at radius 2 is 1.50 bits per heavy atom. The number of primary sulfonamides is 1. The van der Waals surface area contributed by atoms with Gasteiger partial charge < -0.3 is 0 Å². The van der Waals surface area contributed by atoms with E-state index < -0.39 is 24.2 Å². The van der Waals surface area contributed by atoms with Crippen LogP contribution in [0, 0.1) is 0 Å². The first-order valence-electron chi connectivity index (χ1n) is 3.74. The average molecular weight is 284 g/mol. The molecule has 0 amide bonds. The molecule has 1 rings (SSSR count). The largest absolute Gasteiger partial charge is 0.299 e. The van der Waals surface area contributed by atoms with Gasteiger partial charge in [-0.25, -0.2) is 22.0 Å². The molecule has 0 atom stereocenters. The minimum absolute atomic E-state index is 0.226. The number of hydrogen-bond acceptors (Lipinski definition) is 5. The van der Waals surface area contributed by atoms with Crippen LogP contribution in [0.3, 0.4) is 0 Å². The van der Waals surface area contributed by atoms with E-state index >= 15 is 0 Å². The predicted molar refractivity (Wildman–Crippen MR) is 56.9 cm³/mol. The molecule has 6 nitrogen and oxygen atoms in total. The summed E-state index contributed by atoms with van der Waals surface area (Å²) in [5.41, 5.74) is -0.234. The summed E-state index contributed by atoms with van der Waals surface area (Å²) >= 11 is 0. The Kier molecular flexibility index (Phi) is 3.38. The molecule has 2 N–H and O–H groups in total. The summed E-state index contributed by atoms with van der Waals surface area (Å²) in [6.07, 6.45) is 0. The van der Waals surface area contributed by atoms with Gasteiger partial charge in [0.25, 0.3) is 14.2 Å². The van der Waals surface area contributed by atoms with Crippen LogP contribution in [0.15, 0.2) is 29.2 Å². The Morgan fingerprint density at radius 1 is 1.06 bits per heavy atom. The fourth-order valence-electron chi connectivity index (χ4n) is 0.921. The maximum atomic E-state index is 11.1. The molecule has 0 radical (unpaired) electrons. The topological polar surface area (TPSA) is 111 Å². The maximum absolute atomic E-state index is 11.1. The molecule has 0 heterocycles. The number of sulfonamides is 1. The standard InChI is InChI=1S/C7H6ClNO5S2/c8-15(11,12)7(10)5-1-3-6(4-2-5)16(9,13)14/h1-4H,(H2,9,13,14). The zero-order valence-electron chi connectivity index (χ0n) is 7.62. The first-order chi connectivity index (χ1) is 7.12. The predicted octanol–water partition coefficient (Wildman–Crippen LogP) is 0.0428. The molecule has 88 valence electrons. The van der Waals surface area contributed by atoms with Gasteiger partial charge in [0.2, 0.25) is 10.0 Å². The molecule has 0 fully saturated rings. The van der Waals surface area contributed by atoms with Crippen LogP contribution in [0.1, 0.15) is 10.4 Å². The Balaban J connectivity index is 3.21. The van der Waals surface area contributed by atoms with Crippen molar-refractivity contribution in [2.45, 2.75) is 4.90 Å². The van der Waals surface area contributed by atoms with E-state index in [1.807, 2.05) is 0 Å². The van der Waals surface area contributed by atoms with Crippen molar-refractivity contribution in [2.24, 2.45) is 5.14 Å². The van der Waals surface area contributed by atoms with Crippen molar-refractivity contribution in [2.75, 3.05) is 0 Å². The minimum atomic E-state index is -4.35. The van der Waals surface area contributed by atoms with Gasteiger partial charge in [-0.2, -0.15) is 0 Å². The third-order valence-corrected chi connectivity index (χ3v) is 3.67. The summed E-state index contributed by atoms with van der Waals surface area (Å²) in [6.45, 7) is 0. The highest BCUT2D eigenvalue weighted by Gasteiger charge is 2.21. The van der Waals surface area contributed by atoms with E-state index in [0.29, 0.717) is 0 Å². The number of carbonyl (C=O) groups excluding carboxylic acids is 1. The molecule has 0 unspecified atom stereocenters. The van der Waals surface area contributed by atoms with E-state index in [-0.39, 0.29) is 10.5 Å². The van der Waals surface area contributed by atoms with Crippen molar-refractivity contribution in [3.8, 4) is 0 Å². The normalized spacial score (nSPS) is 12.4. The molecule has 0 aliphatic rings. The number of benzene rings is 1. The summed E-state index contributed by atoms with van der Waals surface area (Å²) < 4.78 is 43.1. The van der Waals surface area contributed by atoms with E-state index in [4.69, 9.17) is 15.8 Å². The second-order valence-electron chi connectivity index (χ2n) is 2.79. The second-order valence-corrected chi connectivity index (χ2v) is 6.82. The first-order valence-corrected chi connectivity index (χ1v) is 7.60. The average Bonchev–Trinajstić information content (AvgIpc) is 2.14. The molecule has 0 saturated carbocycles. The smallest absolute Gasteiger partial charge is 0.275 e. The van der Waals surface area contributed by atoms with Crippen molar-refractivity contribution >= 4 is 34.9 Å². The first kappa shape index (κ1) is 13.1. The lowest BCUT2D eigenvalue weighted by Gasteiger charge is -1.99. The molecule has 0 bridgehead atoms. The molecule has 0 aromatic heterocycles. The highest BCUT2D eigenvalue weighted by Crippen LogP contribution is 2.13. The van der Waals surface area contributed by atoms with Crippen molar-refractivity contribution < 1.29 is 21.6 Å². The second kappa shape index (κ2) is 4.13. The molecule has 0 aliphatic carbocycles. The van der Waals surface area contributed by atoms with E-state index in [0.717, 1.165) is 24.3 Å². The Morgan fingerprint density at radius 3 is 1.81 bits per heavy atom. The van der Waals surface area contributed by atoms with E-state index in [9.17, 15) is 21.6 Å². The SMILES string of the molecule is NS(=O)(=O)c1ccc(C(=O)S(=O)(=O)Cl)cc1. The molecule has 0 spiro atoms. The van der Waals surface area contributed by atoms with E-state index in [1.165, 1.54) is 0 Å². The van der Waals surface area contributed by atoms with Gasteiger partial charge in [-0.3, -0.25) is 4.79 Å². The van der Waals surface area contributed by atoms with Crippen molar-refractivity contribution in [1.29, 1.82) is 0 Å². The number of hydrogen-bond donors (Lipinski definition) is 1. The van der Waals surface area contributed by atoms with Crippen LogP contribution in [-0.4, -0.2) is 22.0 Å². The van der Waals surface area contributed by atoms with Crippen molar-refractivity contribution in [3.63, 3.8) is 0 Å². The van der Waals surface area contributed by atoms with Gasteiger partial charge in [-0.1, -0.05) is 0 Å². The van der Waals surface area contributed by atoms with Gasteiger partial charge in [-0.05, 0) is 24.3 Å². The molecular weight excluding hydrogens is 278 g/mol. The Hall–Kier alpha value is -0.960. The zero-order chi connectivity index (χ0) is 12.6. The summed E-state index contributed by atoms with van der Waals surface area (Å²) in [6, 6.07) is 4.07. The maximum Gasteiger partial charge on any atom is 0.299 e. The summed E-state index contributed by atoms with van der Waals surface area (Å²) in [5.74, 6) is 0. The van der Waals surface area contributed by atoms with E-state index in [1.54, 1.807) is 0 Å². The van der Waals surface area contributed by atoms with Crippen LogP contribution in [0.4, 0.5) is 0 Å². The van der Waals surface area contributed by atoms with Gasteiger partial charge >= 0.3 is 0 Å². The van der Waals surface area contributed by atoms with Gasteiger partial charge in [-0.15, -0.1) is 0 Å². The fraction of sp³-hybridized carbons (Fsp3) is 0. The molecule has 16 heavy (non-hydrogen) atoms. The Labute approximate surface area is 96.5 Å². The number of halogens is 1. The lowest BCUT2D eigenvalue weighted by atomic mass is 10.2. The van der Waals surface area contributed by atoms with Crippen LogP contribution in [-0.2, 0) is 19.1 Å². The number of carbonyl (C=O) groups is 1. The third-order valence-electron chi connectivity index (χ3n) is 1.64. The third kappa shape index (κ3) is 3.01. The molecule has 9 heteroatoms.